The number of carbonyl (C=O) groups excluding carboxylic acids is 2. The van der Waals surface area contributed by atoms with E-state index in [1.54, 1.807) is 0 Å². The molecule has 0 spiro atoms. The molecule has 0 fully saturated rings. The summed E-state index contributed by atoms with van der Waals surface area (Å²) in [5.41, 5.74) is 0. The Morgan fingerprint density at radius 3 is 1.29 bits per heavy atom. The number of nitrogens with one attached hydrogen (secondary N) is 1. The third-order valence-corrected chi connectivity index (χ3v) is 5.99. The summed E-state index contributed by atoms with van der Waals surface area (Å²) < 4.78 is 4.80. The van der Waals surface area contributed by atoms with Crippen LogP contribution in [-0.4, -0.2) is 18.6 Å². The highest BCUT2D eigenvalue weighted by Crippen LogP contribution is 2.13. The lowest BCUT2D eigenvalue weighted by Crippen LogP contribution is -2.27. The Balaban J connectivity index is 3.23. The summed E-state index contributed by atoms with van der Waals surface area (Å²) in [6.45, 7) is 5.04. The van der Waals surface area contributed by atoms with E-state index in [1.165, 1.54) is 103 Å². The van der Waals surface area contributed by atoms with Crippen molar-refractivity contribution in [2.45, 2.75) is 155 Å². The number of hydrogen-bond acceptors (Lipinski definition) is 3. The third kappa shape index (κ3) is 25.1. The molecule has 0 aliphatic heterocycles. The zero-order valence-corrected chi connectivity index (χ0v) is 21.0. The van der Waals surface area contributed by atoms with Gasteiger partial charge in [0.1, 0.15) is 0 Å². The molecule has 0 saturated heterocycles. The summed E-state index contributed by atoms with van der Waals surface area (Å²) >= 11 is 0. The van der Waals surface area contributed by atoms with Gasteiger partial charge in [-0.1, -0.05) is 136 Å². The molecule has 4 heteroatoms. The molecule has 0 aromatic rings. The third-order valence-electron chi connectivity index (χ3n) is 5.99. The van der Waals surface area contributed by atoms with E-state index in [4.69, 9.17) is 4.74 Å². The van der Waals surface area contributed by atoms with E-state index in [-0.39, 0.29) is 0 Å². The molecule has 0 aromatic heterocycles. The SMILES string of the molecule is CCCCCCCCCCCCCCCCCCNC(=O)OC(=O)CCCCCCC. The number of carbonyl (C=O) groups is 2. The summed E-state index contributed by atoms with van der Waals surface area (Å²) in [7, 11) is 0. The van der Waals surface area contributed by atoms with Crippen molar-refractivity contribution in [1.82, 2.24) is 5.32 Å². The Kier molecular flexibility index (Phi) is 24.3. The fourth-order valence-corrected chi connectivity index (χ4v) is 3.93. The van der Waals surface area contributed by atoms with Crippen LogP contribution in [0.3, 0.4) is 0 Å². The lowest BCUT2D eigenvalue weighted by Gasteiger charge is -2.06. The Morgan fingerprint density at radius 2 is 0.871 bits per heavy atom. The van der Waals surface area contributed by atoms with Gasteiger partial charge in [-0.15, -0.1) is 0 Å². The van der Waals surface area contributed by atoms with Crippen molar-refractivity contribution < 1.29 is 14.3 Å². The molecule has 0 bridgehead atoms. The second kappa shape index (κ2) is 25.2. The quantitative estimate of drug-likeness (QED) is 0.0982. The predicted molar refractivity (Wildman–Crippen MR) is 132 cm³/mol. The topological polar surface area (TPSA) is 55.4 Å². The lowest BCUT2D eigenvalue weighted by atomic mass is 10.0. The second-order valence-corrected chi connectivity index (χ2v) is 9.16. The number of amides is 1. The van der Waals surface area contributed by atoms with Crippen LogP contribution in [0.5, 0.6) is 0 Å². The zero-order chi connectivity index (χ0) is 22.8. The van der Waals surface area contributed by atoms with Gasteiger partial charge in [-0.2, -0.15) is 0 Å². The van der Waals surface area contributed by atoms with Crippen molar-refractivity contribution in [3.05, 3.63) is 0 Å². The summed E-state index contributed by atoms with van der Waals surface area (Å²) in [4.78, 5) is 23.2. The van der Waals surface area contributed by atoms with E-state index in [2.05, 4.69) is 19.2 Å². The normalized spacial score (nSPS) is 10.9. The number of hydrogen-bond donors (Lipinski definition) is 1. The van der Waals surface area contributed by atoms with Gasteiger partial charge in [-0.05, 0) is 12.8 Å². The molecule has 0 aliphatic rings. The molecule has 0 aliphatic carbocycles. The standard InChI is InChI=1S/C27H53NO3/c1-3-5-7-9-10-11-12-13-14-15-16-17-18-19-21-23-25-28-27(30)31-26(29)24-22-20-8-6-4-2/h3-25H2,1-2H3,(H,28,30). The molecule has 184 valence electrons. The average molecular weight is 440 g/mol. The van der Waals surface area contributed by atoms with E-state index in [1.807, 2.05) is 0 Å². The summed E-state index contributed by atoms with van der Waals surface area (Å²) in [5, 5.41) is 2.69. The van der Waals surface area contributed by atoms with Crippen molar-refractivity contribution in [2.24, 2.45) is 0 Å². The Labute approximate surface area is 193 Å². The largest absolute Gasteiger partial charge is 0.414 e. The average Bonchev–Trinajstić information content (AvgIpc) is 2.75. The summed E-state index contributed by atoms with van der Waals surface area (Å²) in [5.74, 6) is -0.402. The first-order valence-corrected chi connectivity index (χ1v) is 13.7. The molecule has 0 unspecified atom stereocenters. The van der Waals surface area contributed by atoms with Crippen LogP contribution in [0.15, 0.2) is 0 Å². The summed E-state index contributed by atoms with van der Waals surface area (Å²) in [6, 6.07) is 0. The van der Waals surface area contributed by atoms with Crippen molar-refractivity contribution >= 4 is 12.1 Å². The molecular weight excluding hydrogens is 386 g/mol. The monoisotopic (exact) mass is 439 g/mol. The van der Waals surface area contributed by atoms with Crippen LogP contribution in [0.2, 0.25) is 0 Å². The van der Waals surface area contributed by atoms with E-state index in [0.29, 0.717) is 13.0 Å². The minimum Gasteiger partial charge on any atom is -0.376 e. The number of esters is 1. The molecule has 0 atom stereocenters. The van der Waals surface area contributed by atoms with Crippen molar-refractivity contribution in [3.63, 3.8) is 0 Å². The minimum absolute atomic E-state index is 0.343. The summed E-state index contributed by atoms with van der Waals surface area (Å²) in [6.07, 6.45) is 26.5. The van der Waals surface area contributed by atoms with Crippen LogP contribution in [0.1, 0.15) is 155 Å². The fraction of sp³-hybridized carbons (Fsp3) is 0.926. The van der Waals surface area contributed by atoms with Crippen LogP contribution in [0, 0.1) is 0 Å². The van der Waals surface area contributed by atoms with Crippen LogP contribution >= 0.6 is 0 Å². The molecule has 4 nitrogen and oxygen atoms in total. The molecule has 1 N–H and O–H groups in total. The Bertz CT molecular complexity index is 398. The molecule has 0 radical (unpaired) electrons. The van der Waals surface area contributed by atoms with Crippen molar-refractivity contribution in [2.75, 3.05) is 6.54 Å². The fourth-order valence-electron chi connectivity index (χ4n) is 3.93. The molecule has 0 aromatic carbocycles. The van der Waals surface area contributed by atoms with Gasteiger partial charge >= 0.3 is 12.1 Å². The van der Waals surface area contributed by atoms with Gasteiger partial charge in [0.15, 0.2) is 0 Å². The van der Waals surface area contributed by atoms with Gasteiger partial charge in [-0.25, -0.2) is 4.79 Å². The minimum atomic E-state index is -0.584. The highest BCUT2D eigenvalue weighted by molar-refractivity contribution is 5.84. The highest BCUT2D eigenvalue weighted by atomic mass is 16.6. The van der Waals surface area contributed by atoms with Crippen molar-refractivity contribution in [1.29, 1.82) is 0 Å². The van der Waals surface area contributed by atoms with Crippen LogP contribution in [0.4, 0.5) is 4.79 Å². The molecule has 0 rings (SSSR count). The molecular formula is C27H53NO3. The highest BCUT2D eigenvalue weighted by Gasteiger charge is 2.09. The van der Waals surface area contributed by atoms with E-state index in [9.17, 15) is 9.59 Å². The predicted octanol–water partition coefficient (Wildman–Crippen LogP) is 8.86. The van der Waals surface area contributed by atoms with E-state index < -0.39 is 12.1 Å². The van der Waals surface area contributed by atoms with Gasteiger partial charge in [0.25, 0.3) is 0 Å². The Morgan fingerprint density at radius 1 is 0.516 bits per heavy atom. The smallest absolute Gasteiger partial charge is 0.376 e. The van der Waals surface area contributed by atoms with E-state index in [0.717, 1.165) is 32.1 Å². The maximum Gasteiger partial charge on any atom is 0.414 e. The first kappa shape index (κ1) is 29.9. The lowest BCUT2D eigenvalue weighted by molar-refractivity contribution is -0.137. The number of ether oxygens (including phenoxy) is 1. The molecule has 1 amide bonds. The van der Waals surface area contributed by atoms with Gasteiger partial charge in [0.05, 0.1) is 0 Å². The first-order valence-electron chi connectivity index (χ1n) is 13.7. The zero-order valence-electron chi connectivity index (χ0n) is 21.0. The second-order valence-electron chi connectivity index (χ2n) is 9.16. The molecule has 31 heavy (non-hydrogen) atoms. The van der Waals surface area contributed by atoms with Gasteiger partial charge < -0.3 is 10.1 Å². The maximum absolute atomic E-state index is 11.6. The maximum atomic E-state index is 11.6. The number of unbranched alkanes of at least 4 members (excludes halogenated alkanes) is 19. The van der Waals surface area contributed by atoms with Gasteiger partial charge in [-0.3, -0.25) is 4.79 Å². The van der Waals surface area contributed by atoms with Crippen LogP contribution in [0.25, 0.3) is 0 Å². The van der Waals surface area contributed by atoms with Gasteiger partial charge in [0.2, 0.25) is 0 Å². The Hall–Kier alpha value is -1.06. The number of rotatable bonds is 23. The van der Waals surface area contributed by atoms with E-state index >= 15 is 0 Å². The van der Waals surface area contributed by atoms with Gasteiger partial charge in [0, 0.05) is 13.0 Å². The number of alkyl carbamates (subject to hydrolysis) is 1. The van der Waals surface area contributed by atoms with Crippen LogP contribution in [-0.2, 0) is 9.53 Å². The molecule has 0 heterocycles. The van der Waals surface area contributed by atoms with Crippen LogP contribution < -0.4 is 5.32 Å². The molecule has 0 saturated carbocycles. The first-order chi connectivity index (χ1) is 15.2. The van der Waals surface area contributed by atoms with Crippen molar-refractivity contribution in [3.8, 4) is 0 Å².